The summed E-state index contributed by atoms with van der Waals surface area (Å²) in [6, 6.07) is 0. The van der Waals surface area contributed by atoms with Gasteiger partial charge in [0.05, 0.1) is 0 Å². The first-order valence-corrected chi connectivity index (χ1v) is 4.43. The van der Waals surface area contributed by atoms with Crippen LogP contribution in [0.25, 0.3) is 0 Å². The topological polar surface area (TPSA) is 38.7 Å². The van der Waals surface area contributed by atoms with E-state index < -0.39 is 5.79 Å². The second-order valence-electron chi connectivity index (χ2n) is 4.23. The summed E-state index contributed by atoms with van der Waals surface area (Å²) < 4.78 is 10.2. The third kappa shape index (κ3) is 2.10. The average Bonchev–Trinajstić information content (AvgIpc) is 2.03. The van der Waals surface area contributed by atoms with E-state index in [9.17, 15) is 5.11 Å². The van der Waals surface area contributed by atoms with Crippen LogP contribution < -0.4 is 0 Å². The number of rotatable bonds is 2. The lowest BCUT2D eigenvalue weighted by Crippen LogP contribution is -2.49. The molecule has 3 heteroatoms. The standard InChI is InChI=1S/C10H18O3/c1-9(2)6-5-8(12-3)10(11,7-9)13-4/h5-6,8,11H,7H2,1-4H3. The molecule has 1 rings (SSSR count). The van der Waals surface area contributed by atoms with Gasteiger partial charge in [0.2, 0.25) is 0 Å². The zero-order chi connectivity index (χ0) is 10.1. The van der Waals surface area contributed by atoms with Crippen molar-refractivity contribution in [3.8, 4) is 0 Å². The van der Waals surface area contributed by atoms with Gasteiger partial charge in [0.1, 0.15) is 6.10 Å². The summed E-state index contributed by atoms with van der Waals surface area (Å²) >= 11 is 0. The first-order valence-electron chi connectivity index (χ1n) is 4.43. The van der Waals surface area contributed by atoms with Gasteiger partial charge in [-0.15, -0.1) is 0 Å². The second kappa shape index (κ2) is 3.40. The molecular weight excluding hydrogens is 168 g/mol. The Balaban J connectivity index is 2.89. The molecule has 0 aromatic heterocycles. The SMILES string of the molecule is COC1C=CC(C)(C)CC1(O)OC. The highest BCUT2D eigenvalue weighted by Gasteiger charge is 2.43. The van der Waals surface area contributed by atoms with Crippen molar-refractivity contribution < 1.29 is 14.6 Å². The van der Waals surface area contributed by atoms with Crippen molar-refractivity contribution >= 4 is 0 Å². The molecule has 0 aliphatic heterocycles. The predicted molar refractivity (Wildman–Crippen MR) is 50.3 cm³/mol. The molecule has 0 amide bonds. The van der Waals surface area contributed by atoms with E-state index in [2.05, 4.69) is 19.9 Å². The van der Waals surface area contributed by atoms with Gasteiger partial charge < -0.3 is 14.6 Å². The predicted octanol–water partition coefficient (Wildman–Crippen LogP) is 1.32. The van der Waals surface area contributed by atoms with E-state index in [1.165, 1.54) is 7.11 Å². The minimum atomic E-state index is -1.19. The third-order valence-corrected chi connectivity index (χ3v) is 2.48. The first-order chi connectivity index (χ1) is 5.93. The maximum absolute atomic E-state index is 10.1. The third-order valence-electron chi connectivity index (χ3n) is 2.48. The normalized spacial score (nSPS) is 37.8. The zero-order valence-corrected chi connectivity index (χ0v) is 8.70. The molecule has 76 valence electrons. The van der Waals surface area contributed by atoms with Crippen molar-refractivity contribution in [1.82, 2.24) is 0 Å². The average molecular weight is 186 g/mol. The molecule has 0 aromatic carbocycles. The Morgan fingerprint density at radius 1 is 1.38 bits per heavy atom. The summed E-state index contributed by atoms with van der Waals surface area (Å²) in [6.07, 6.45) is 4.08. The van der Waals surface area contributed by atoms with Gasteiger partial charge in [-0.1, -0.05) is 26.0 Å². The minimum Gasteiger partial charge on any atom is -0.372 e. The number of aliphatic hydroxyl groups is 1. The Bertz CT molecular complexity index is 210. The summed E-state index contributed by atoms with van der Waals surface area (Å²) in [5, 5.41) is 10.1. The molecule has 0 aromatic rings. The Labute approximate surface area is 79.3 Å². The molecule has 2 unspecified atom stereocenters. The number of hydrogen-bond acceptors (Lipinski definition) is 3. The molecule has 0 fully saturated rings. The van der Waals surface area contributed by atoms with Crippen molar-refractivity contribution in [2.75, 3.05) is 14.2 Å². The van der Waals surface area contributed by atoms with Gasteiger partial charge in [0, 0.05) is 20.6 Å². The molecule has 0 radical (unpaired) electrons. The van der Waals surface area contributed by atoms with Crippen LogP contribution in [0.15, 0.2) is 12.2 Å². The summed E-state index contributed by atoms with van der Waals surface area (Å²) in [5.74, 6) is -1.19. The minimum absolute atomic E-state index is 0.0419. The van der Waals surface area contributed by atoms with E-state index in [-0.39, 0.29) is 11.5 Å². The maximum Gasteiger partial charge on any atom is 0.196 e. The fraction of sp³-hybridized carbons (Fsp3) is 0.800. The van der Waals surface area contributed by atoms with E-state index in [1.54, 1.807) is 7.11 Å². The molecule has 2 atom stereocenters. The molecule has 13 heavy (non-hydrogen) atoms. The summed E-state index contributed by atoms with van der Waals surface area (Å²) in [4.78, 5) is 0. The highest BCUT2D eigenvalue weighted by molar-refractivity contribution is 5.10. The van der Waals surface area contributed by atoms with Crippen LogP contribution in [0.5, 0.6) is 0 Å². The quantitative estimate of drug-likeness (QED) is 0.522. The van der Waals surface area contributed by atoms with Crippen molar-refractivity contribution in [2.45, 2.75) is 32.2 Å². The summed E-state index contributed by atoms with van der Waals surface area (Å²) in [6.45, 7) is 4.11. The van der Waals surface area contributed by atoms with Gasteiger partial charge in [0.25, 0.3) is 0 Å². The lowest BCUT2D eigenvalue weighted by atomic mass is 9.78. The smallest absolute Gasteiger partial charge is 0.196 e. The van der Waals surface area contributed by atoms with E-state index in [4.69, 9.17) is 9.47 Å². The van der Waals surface area contributed by atoms with E-state index in [0.29, 0.717) is 6.42 Å². The van der Waals surface area contributed by atoms with E-state index in [1.807, 2.05) is 6.08 Å². The fourth-order valence-corrected chi connectivity index (χ4v) is 1.76. The number of methoxy groups -OCH3 is 2. The molecular formula is C10H18O3. The molecule has 1 aliphatic rings. The van der Waals surface area contributed by atoms with Crippen LogP contribution in [0, 0.1) is 5.41 Å². The lowest BCUT2D eigenvalue weighted by Gasteiger charge is -2.41. The molecule has 1 N–H and O–H groups in total. The van der Waals surface area contributed by atoms with Crippen molar-refractivity contribution in [3.63, 3.8) is 0 Å². The van der Waals surface area contributed by atoms with Crippen LogP contribution in [0.2, 0.25) is 0 Å². The molecule has 0 bridgehead atoms. The van der Waals surface area contributed by atoms with Gasteiger partial charge in [-0.25, -0.2) is 0 Å². The Morgan fingerprint density at radius 3 is 2.46 bits per heavy atom. The van der Waals surface area contributed by atoms with Gasteiger partial charge in [-0.2, -0.15) is 0 Å². The Kier molecular flexibility index (Phi) is 2.80. The van der Waals surface area contributed by atoms with Gasteiger partial charge >= 0.3 is 0 Å². The van der Waals surface area contributed by atoms with Crippen LogP contribution in [0.3, 0.4) is 0 Å². The lowest BCUT2D eigenvalue weighted by molar-refractivity contribution is -0.252. The molecule has 0 spiro atoms. The highest BCUT2D eigenvalue weighted by Crippen LogP contribution is 2.37. The second-order valence-corrected chi connectivity index (χ2v) is 4.23. The first kappa shape index (κ1) is 10.7. The highest BCUT2D eigenvalue weighted by atomic mass is 16.6. The summed E-state index contributed by atoms with van der Waals surface area (Å²) in [5.41, 5.74) is -0.0419. The number of allylic oxidation sites excluding steroid dienone is 1. The monoisotopic (exact) mass is 186 g/mol. The van der Waals surface area contributed by atoms with Crippen molar-refractivity contribution in [1.29, 1.82) is 0 Å². The Morgan fingerprint density at radius 2 is 2.00 bits per heavy atom. The molecule has 1 aliphatic carbocycles. The molecule has 3 nitrogen and oxygen atoms in total. The van der Waals surface area contributed by atoms with Gasteiger partial charge in [-0.05, 0) is 5.41 Å². The largest absolute Gasteiger partial charge is 0.372 e. The van der Waals surface area contributed by atoms with E-state index in [0.717, 1.165) is 0 Å². The van der Waals surface area contributed by atoms with E-state index >= 15 is 0 Å². The van der Waals surface area contributed by atoms with Gasteiger partial charge in [-0.3, -0.25) is 0 Å². The summed E-state index contributed by atoms with van der Waals surface area (Å²) in [7, 11) is 3.07. The molecule has 0 saturated heterocycles. The fourth-order valence-electron chi connectivity index (χ4n) is 1.76. The molecule has 0 saturated carbocycles. The maximum atomic E-state index is 10.1. The van der Waals surface area contributed by atoms with Crippen LogP contribution in [-0.4, -0.2) is 31.2 Å². The van der Waals surface area contributed by atoms with Crippen molar-refractivity contribution in [3.05, 3.63) is 12.2 Å². The van der Waals surface area contributed by atoms with Crippen molar-refractivity contribution in [2.24, 2.45) is 5.41 Å². The van der Waals surface area contributed by atoms with Crippen LogP contribution in [0.1, 0.15) is 20.3 Å². The number of ether oxygens (including phenoxy) is 2. The Hall–Kier alpha value is -0.380. The molecule has 0 heterocycles. The number of hydrogen-bond donors (Lipinski definition) is 1. The van der Waals surface area contributed by atoms with Gasteiger partial charge in [0.15, 0.2) is 5.79 Å². The zero-order valence-electron chi connectivity index (χ0n) is 8.70. The van der Waals surface area contributed by atoms with Crippen LogP contribution in [-0.2, 0) is 9.47 Å². The van der Waals surface area contributed by atoms with Crippen LogP contribution in [0.4, 0.5) is 0 Å². The van der Waals surface area contributed by atoms with Crippen LogP contribution >= 0.6 is 0 Å².